The van der Waals surface area contributed by atoms with Crippen LogP contribution in [0.2, 0.25) is 0 Å². The van der Waals surface area contributed by atoms with Gasteiger partial charge in [0.1, 0.15) is 0 Å². The monoisotopic (exact) mass is 139 g/mol. The molecule has 0 aromatic rings. The molecule has 10 heavy (non-hydrogen) atoms. The highest BCUT2D eigenvalue weighted by Gasteiger charge is 1.83. The molecule has 0 heterocycles. The average Bonchev–Trinajstić information content (AvgIpc) is 1.97. The topological polar surface area (TPSA) is 29.1 Å². The minimum atomic E-state index is 0.542. The third kappa shape index (κ3) is 5.09. The Balaban J connectivity index is 3.43. The minimum Gasteiger partial charge on any atom is -0.355 e. The van der Waals surface area contributed by atoms with Crippen molar-refractivity contribution in [2.75, 3.05) is 6.54 Å². The summed E-state index contributed by atoms with van der Waals surface area (Å²) < 4.78 is 0. The first-order chi connectivity index (χ1) is 4.81. The molecule has 56 valence electrons. The van der Waals surface area contributed by atoms with E-state index in [0.717, 1.165) is 12.0 Å². The SMILES string of the molecule is C=C(C=CCC)CNC=O. The van der Waals surface area contributed by atoms with E-state index in [1.165, 1.54) is 0 Å². The molecule has 0 aromatic carbocycles. The molecule has 0 unspecified atom stereocenters. The van der Waals surface area contributed by atoms with Gasteiger partial charge in [-0.05, 0) is 12.0 Å². The molecule has 0 aliphatic heterocycles. The molecular formula is C8H13NO. The second-order valence-corrected chi connectivity index (χ2v) is 1.97. The Labute approximate surface area is 61.6 Å². The summed E-state index contributed by atoms with van der Waals surface area (Å²) in [4.78, 5) is 9.81. The molecule has 0 aromatic heterocycles. The summed E-state index contributed by atoms with van der Waals surface area (Å²) in [5.41, 5.74) is 0.925. The zero-order valence-electron chi connectivity index (χ0n) is 6.26. The van der Waals surface area contributed by atoms with Gasteiger partial charge < -0.3 is 5.32 Å². The zero-order chi connectivity index (χ0) is 7.82. The predicted octanol–water partition coefficient (Wildman–Crippen LogP) is 1.25. The fourth-order valence-electron chi connectivity index (χ4n) is 0.516. The number of rotatable bonds is 5. The van der Waals surface area contributed by atoms with Crippen molar-refractivity contribution in [2.45, 2.75) is 13.3 Å². The number of carbonyl (C=O) groups is 1. The highest BCUT2D eigenvalue weighted by molar-refractivity contribution is 5.47. The van der Waals surface area contributed by atoms with Gasteiger partial charge in [0.05, 0.1) is 0 Å². The molecular weight excluding hydrogens is 126 g/mol. The predicted molar refractivity (Wildman–Crippen MR) is 42.6 cm³/mol. The van der Waals surface area contributed by atoms with Crippen LogP contribution in [0, 0.1) is 0 Å². The molecule has 0 spiro atoms. The van der Waals surface area contributed by atoms with Crippen LogP contribution in [0.5, 0.6) is 0 Å². The molecule has 0 atom stereocenters. The molecule has 2 nitrogen and oxygen atoms in total. The fraction of sp³-hybridized carbons (Fsp3) is 0.375. The van der Waals surface area contributed by atoms with Crippen LogP contribution in [0.3, 0.4) is 0 Å². The van der Waals surface area contributed by atoms with Gasteiger partial charge in [-0.1, -0.05) is 25.7 Å². The van der Waals surface area contributed by atoms with Gasteiger partial charge in [0.15, 0.2) is 0 Å². The van der Waals surface area contributed by atoms with E-state index < -0.39 is 0 Å². The normalized spacial score (nSPS) is 9.70. The number of carbonyl (C=O) groups excluding carboxylic acids is 1. The second-order valence-electron chi connectivity index (χ2n) is 1.97. The van der Waals surface area contributed by atoms with Crippen molar-refractivity contribution in [3.63, 3.8) is 0 Å². The maximum absolute atomic E-state index is 9.81. The van der Waals surface area contributed by atoms with Crippen molar-refractivity contribution in [1.82, 2.24) is 5.32 Å². The van der Waals surface area contributed by atoms with E-state index in [1.54, 1.807) is 0 Å². The van der Waals surface area contributed by atoms with Crippen LogP contribution >= 0.6 is 0 Å². The highest BCUT2D eigenvalue weighted by Crippen LogP contribution is 1.90. The van der Waals surface area contributed by atoms with Crippen LogP contribution in [0.15, 0.2) is 24.3 Å². The Morgan fingerprint density at radius 2 is 2.40 bits per heavy atom. The van der Waals surface area contributed by atoms with Gasteiger partial charge >= 0.3 is 0 Å². The van der Waals surface area contributed by atoms with E-state index in [9.17, 15) is 4.79 Å². The average molecular weight is 139 g/mol. The summed E-state index contributed by atoms with van der Waals surface area (Å²) in [6, 6.07) is 0. The van der Waals surface area contributed by atoms with Crippen molar-refractivity contribution in [3.8, 4) is 0 Å². The lowest BCUT2D eigenvalue weighted by Crippen LogP contribution is -2.12. The van der Waals surface area contributed by atoms with Crippen molar-refractivity contribution < 1.29 is 4.79 Å². The van der Waals surface area contributed by atoms with Crippen molar-refractivity contribution in [2.24, 2.45) is 0 Å². The lowest BCUT2D eigenvalue weighted by Gasteiger charge is -1.95. The lowest BCUT2D eigenvalue weighted by molar-refractivity contribution is -0.109. The summed E-state index contributed by atoms with van der Waals surface area (Å²) in [7, 11) is 0. The number of nitrogens with one attached hydrogen (secondary N) is 1. The summed E-state index contributed by atoms with van der Waals surface area (Å²) >= 11 is 0. The first kappa shape index (κ1) is 8.95. The second kappa shape index (κ2) is 6.08. The van der Waals surface area contributed by atoms with E-state index in [0.29, 0.717) is 13.0 Å². The van der Waals surface area contributed by atoms with Crippen molar-refractivity contribution in [1.29, 1.82) is 0 Å². The number of allylic oxidation sites excluding steroid dienone is 1. The Morgan fingerprint density at radius 3 is 2.90 bits per heavy atom. The third-order valence-electron chi connectivity index (χ3n) is 1.00. The molecule has 0 bridgehead atoms. The van der Waals surface area contributed by atoms with Crippen molar-refractivity contribution in [3.05, 3.63) is 24.3 Å². The van der Waals surface area contributed by atoms with Crippen LogP contribution in [-0.2, 0) is 4.79 Å². The van der Waals surface area contributed by atoms with Gasteiger partial charge in [0.2, 0.25) is 6.41 Å². The molecule has 0 saturated heterocycles. The Kier molecular flexibility index (Phi) is 5.44. The summed E-state index contributed by atoms with van der Waals surface area (Å²) in [5, 5.41) is 2.53. The number of hydrogen-bond donors (Lipinski definition) is 1. The molecule has 2 heteroatoms. The Morgan fingerprint density at radius 1 is 1.70 bits per heavy atom. The van der Waals surface area contributed by atoms with Crippen LogP contribution in [-0.4, -0.2) is 13.0 Å². The van der Waals surface area contributed by atoms with Gasteiger partial charge in [-0.3, -0.25) is 4.79 Å². The minimum absolute atomic E-state index is 0.542. The third-order valence-corrected chi connectivity index (χ3v) is 1.00. The van der Waals surface area contributed by atoms with Gasteiger partial charge in [-0.25, -0.2) is 0 Å². The van der Waals surface area contributed by atoms with E-state index in [-0.39, 0.29) is 0 Å². The maximum Gasteiger partial charge on any atom is 0.207 e. The van der Waals surface area contributed by atoms with E-state index in [4.69, 9.17) is 0 Å². The van der Waals surface area contributed by atoms with Crippen LogP contribution in [0.4, 0.5) is 0 Å². The summed E-state index contributed by atoms with van der Waals surface area (Å²) in [5.74, 6) is 0. The van der Waals surface area contributed by atoms with Gasteiger partial charge in [0.25, 0.3) is 0 Å². The molecule has 0 fully saturated rings. The molecule has 1 amide bonds. The zero-order valence-corrected chi connectivity index (χ0v) is 6.26. The Hall–Kier alpha value is -1.05. The molecule has 0 saturated carbocycles. The quantitative estimate of drug-likeness (QED) is 0.451. The highest BCUT2D eigenvalue weighted by atomic mass is 16.1. The number of hydrogen-bond acceptors (Lipinski definition) is 1. The van der Waals surface area contributed by atoms with E-state index >= 15 is 0 Å². The molecule has 0 radical (unpaired) electrons. The van der Waals surface area contributed by atoms with Gasteiger partial charge in [0, 0.05) is 6.54 Å². The van der Waals surface area contributed by atoms with E-state index in [1.807, 2.05) is 12.2 Å². The molecule has 0 aliphatic rings. The summed E-state index contributed by atoms with van der Waals surface area (Å²) in [6.45, 7) is 6.32. The number of amides is 1. The largest absolute Gasteiger partial charge is 0.355 e. The van der Waals surface area contributed by atoms with Gasteiger partial charge in [-0.2, -0.15) is 0 Å². The van der Waals surface area contributed by atoms with E-state index in [2.05, 4.69) is 18.8 Å². The first-order valence-electron chi connectivity index (χ1n) is 3.32. The molecule has 0 rings (SSSR count). The smallest absolute Gasteiger partial charge is 0.207 e. The Bertz CT molecular complexity index is 138. The van der Waals surface area contributed by atoms with Crippen LogP contribution in [0.25, 0.3) is 0 Å². The van der Waals surface area contributed by atoms with Crippen molar-refractivity contribution >= 4 is 6.41 Å². The maximum atomic E-state index is 9.81. The summed E-state index contributed by atoms with van der Waals surface area (Å²) in [6.07, 6.45) is 5.59. The molecule has 1 N–H and O–H groups in total. The standard InChI is InChI=1S/C8H13NO/c1-3-4-5-8(2)6-9-7-10/h4-5,7H,2-3,6H2,1H3,(H,9,10). The first-order valence-corrected chi connectivity index (χ1v) is 3.32. The van der Waals surface area contributed by atoms with Gasteiger partial charge in [-0.15, -0.1) is 0 Å². The van der Waals surface area contributed by atoms with Crippen LogP contribution < -0.4 is 5.32 Å². The molecule has 0 aliphatic carbocycles. The lowest BCUT2D eigenvalue weighted by atomic mass is 10.2. The van der Waals surface area contributed by atoms with Crippen LogP contribution in [0.1, 0.15) is 13.3 Å². The fourth-order valence-corrected chi connectivity index (χ4v) is 0.516.